The van der Waals surface area contributed by atoms with E-state index in [1.54, 1.807) is 11.8 Å². The van der Waals surface area contributed by atoms with Gasteiger partial charge in [-0.05, 0) is 12.3 Å². The van der Waals surface area contributed by atoms with Gasteiger partial charge in [0.25, 0.3) is 0 Å². The number of hydrogen-bond donors (Lipinski definition) is 2. The van der Waals surface area contributed by atoms with Gasteiger partial charge in [0.15, 0.2) is 0 Å². The summed E-state index contributed by atoms with van der Waals surface area (Å²) in [5, 5.41) is 4.47. The number of ether oxygens (including phenoxy) is 1. The van der Waals surface area contributed by atoms with Crippen LogP contribution in [0.1, 0.15) is 57.7 Å². The van der Waals surface area contributed by atoms with E-state index in [9.17, 15) is 0 Å². The van der Waals surface area contributed by atoms with Gasteiger partial charge in [-0.1, -0.05) is 39.5 Å². The topological polar surface area (TPSA) is 65.1 Å². The summed E-state index contributed by atoms with van der Waals surface area (Å²) in [4.78, 5) is 0. The number of hydrogen-bond acceptors (Lipinski definition) is 4. The molecule has 1 heterocycles. The summed E-state index contributed by atoms with van der Waals surface area (Å²) in [6, 6.07) is 2.05. The molecule has 0 aromatic carbocycles. The summed E-state index contributed by atoms with van der Waals surface area (Å²) in [5.74, 6) is 7.15. The number of nitrogens with two attached hydrogens (primary N) is 1. The average Bonchev–Trinajstić information content (AvgIpc) is 2.80. The van der Waals surface area contributed by atoms with E-state index in [0.29, 0.717) is 5.92 Å². The van der Waals surface area contributed by atoms with E-state index in [4.69, 9.17) is 10.6 Å². The number of methoxy groups -OCH3 is 1. The van der Waals surface area contributed by atoms with E-state index in [-0.39, 0.29) is 6.04 Å². The Morgan fingerprint density at radius 3 is 2.68 bits per heavy atom. The van der Waals surface area contributed by atoms with Crippen LogP contribution in [-0.2, 0) is 7.05 Å². The van der Waals surface area contributed by atoms with Crippen molar-refractivity contribution < 1.29 is 4.74 Å². The highest BCUT2D eigenvalue weighted by Crippen LogP contribution is 2.27. The molecule has 1 aromatic rings. The van der Waals surface area contributed by atoms with Gasteiger partial charge in [0.2, 0.25) is 5.88 Å². The van der Waals surface area contributed by atoms with Crippen molar-refractivity contribution in [3.8, 4) is 5.88 Å². The van der Waals surface area contributed by atoms with Crippen LogP contribution in [0.15, 0.2) is 6.07 Å². The fourth-order valence-corrected chi connectivity index (χ4v) is 2.42. The van der Waals surface area contributed by atoms with E-state index in [1.807, 2.05) is 13.1 Å². The lowest BCUT2D eigenvalue weighted by molar-refractivity contribution is 0.350. The van der Waals surface area contributed by atoms with Gasteiger partial charge in [0, 0.05) is 13.1 Å². The van der Waals surface area contributed by atoms with Gasteiger partial charge >= 0.3 is 0 Å². The second-order valence-electron chi connectivity index (χ2n) is 5.11. The number of rotatable bonds is 9. The van der Waals surface area contributed by atoms with Gasteiger partial charge < -0.3 is 4.74 Å². The van der Waals surface area contributed by atoms with Crippen LogP contribution in [0.4, 0.5) is 0 Å². The molecule has 0 fully saturated rings. The highest BCUT2D eigenvalue weighted by molar-refractivity contribution is 5.18. The van der Waals surface area contributed by atoms with E-state index in [2.05, 4.69) is 24.4 Å². The zero-order valence-corrected chi connectivity index (χ0v) is 12.6. The first-order valence-electron chi connectivity index (χ1n) is 7.20. The lowest BCUT2D eigenvalue weighted by Crippen LogP contribution is -2.30. The minimum atomic E-state index is 0.0944. The van der Waals surface area contributed by atoms with Crippen molar-refractivity contribution in [3.63, 3.8) is 0 Å². The van der Waals surface area contributed by atoms with Crippen LogP contribution < -0.4 is 16.0 Å². The molecule has 0 saturated heterocycles. The largest absolute Gasteiger partial charge is 0.481 e. The predicted molar refractivity (Wildman–Crippen MR) is 77.7 cm³/mol. The molecule has 0 radical (unpaired) electrons. The Morgan fingerprint density at radius 1 is 1.47 bits per heavy atom. The smallest absolute Gasteiger partial charge is 0.211 e. The SMILES string of the molecule is CCCCC(CC)CC(NN)c1cc(OC)n(C)n1. The van der Waals surface area contributed by atoms with E-state index < -0.39 is 0 Å². The minimum absolute atomic E-state index is 0.0944. The van der Waals surface area contributed by atoms with Crippen LogP contribution in [0.5, 0.6) is 5.88 Å². The first kappa shape index (κ1) is 16.0. The summed E-state index contributed by atoms with van der Waals surface area (Å²) < 4.78 is 6.99. The van der Waals surface area contributed by atoms with Crippen LogP contribution >= 0.6 is 0 Å². The molecule has 0 saturated carbocycles. The summed E-state index contributed by atoms with van der Waals surface area (Å²) in [6.45, 7) is 4.47. The van der Waals surface area contributed by atoms with E-state index in [1.165, 1.54) is 25.7 Å². The van der Waals surface area contributed by atoms with Crippen LogP contribution in [-0.4, -0.2) is 16.9 Å². The molecule has 0 aliphatic carbocycles. The third-order valence-corrected chi connectivity index (χ3v) is 3.74. The quantitative estimate of drug-likeness (QED) is 0.533. The van der Waals surface area contributed by atoms with Crippen molar-refractivity contribution in [2.24, 2.45) is 18.8 Å². The fourth-order valence-electron chi connectivity index (χ4n) is 2.42. The van der Waals surface area contributed by atoms with Crippen LogP contribution in [0, 0.1) is 5.92 Å². The van der Waals surface area contributed by atoms with Crippen molar-refractivity contribution in [1.82, 2.24) is 15.2 Å². The number of nitrogens with zero attached hydrogens (tertiary/aromatic N) is 2. The minimum Gasteiger partial charge on any atom is -0.481 e. The molecule has 0 spiro atoms. The fraction of sp³-hybridized carbons (Fsp3) is 0.786. The number of hydrazine groups is 1. The summed E-state index contributed by atoms with van der Waals surface area (Å²) >= 11 is 0. The summed E-state index contributed by atoms with van der Waals surface area (Å²) in [7, 11) is 3.53. The summed E-state index contributed by atoms with van der Waals surface area (Å²) in [6.07, 6.45) is 5.99. The zero-order valence-electron chi connectivity index (χ0n) is 12.6. The molecule has 1 aromatic heterocycles. The Labute approximate surface area is 116 Å². The standard InChI is InChI=1S/C14H28N4O/c1-5-7-8-11(6-2)9-12(16-15)13-10-14(19-4)18(3)17-13/h10-12,16H,5-9,15H2,1-4H3. The van der Waals surface area contributed by atoms with Crippen LogP contribution in [0.3, 0.4) is 0 Å². The van der Waals surface area contributed by atoms with Crippen molar-refractivity contribution in [2.45, 2.75) is 52.0 Å². The van der Waals surface area contributed by atoms with Gasteiger partial charge in [-0.25, -0.2) is 4.68 Å². The molecule has 0 bridgehead atoms. The molecule has 19 heavy (non-hydrogen) atoms. The second kappa shape index (κ2) is 8.17. The maximum Gasteiger partial charge on any atom is 0.211 e. The Bertz CT molecular complexity index is 364. The average molecular weight is 268 g/mol. The molecule has 3 N–H and O–H groups in total. The normalized spacial score (nSPS) is 14.4. The van der Waals surface area contributed by atoms with Gasteiger partial charge in [0.1, 0.15) is 0 Å². The summed E-state index contributed by atoms with van der Waals surface area (Å²) in [5.41, 5.74) is 3.85. The number of unbranched alkanes of at least 4 members (excludes halogenated alkanes) is 1. The molecule has 2 atom stereocenters. The number of nitrogens with one attached hydrogen (secondary N) is 1. The first-order valence-corrected chi connectivity index (χ1v) is 7.20. The Balaban J connectivity index is 2.70. The molecular weight excluding hydrogens is 240 g/mol. The van der Waals surface area contributed by atoms with E-state index >= 15 is 0 Å². The molecule has 0 aliphatic heterocycles. The molecule has 2 unspecified atom stereocenters. The maximum absolute atomic E-state index is 5.70. The zero-order chi connectivity index (χ0) is 14.3. The highest BCUT2D eigenvalue weighted by Gasteiger charge is 2.19. The van der Waals surface area contributed by atoms with Crippen molar-refractivity contribution in [3.05, 3.63) is 11.8 Å². The van der Waals surface area contributed by atoms with E-state index in [0.717, 1.165) is 18.0 Å². The molecule has 0 aliphatic rings. The second-order valence-corrected chi connectivity index (χ2v) is 5.11. The molecule has 5 heteroatoms. The van der Waals surface area contributed by atoms with Crippen molar-refractivity contribution >= 4 is 0 Å². The Hall–Kier alpha value is -1.07. The first-order chi connectivity index (χ1) is 9.15. The Morgan fingerprint density at radius 2 is 2.21 bits per heavy atom. The van der Waals surface area contributed by atoms with Crippen molar-refractivity contribution in [1.29, 1.82) is 0 Å². The highest BCUT2D eigenvalue weighted by atomic mass is 16.5. The van der Waals surface area contributed by atoms with Gasteiger partial charge in [-0.15, -0.1) is 0 Å². The lowest BCUT2D eigenvalue weighted by atomic mass is 9.91. The number of aryl methyl sites for hydroxylation is 1. The van der Waals surface area contributed by atoms with Crippen molar-refractivity contribution in [2.75, 3.05) is 7.11 Å². The van der Waals surface area contributed by atoms with Gasteiger partial charge in [0.05, 0.1) is 18.8 Å². The van der Waals surface area contributed by atoms with Gasteiger partial charge in [-0.2, -0.15) is 5.10 Å². The maximum atomic E-state index is 5.70. The molecular formula is C14H28N4O. The third-order valence-electron chi connectivity index (χ3n) is 3.74. The molecule has 110 valence electrons. The molecule has 0 amide bonds. The van der Waals surface area contributed by atoms with Crippen LogP contribution in [0.25, 0.3) is 0 Å². The molecule has 5 nitrogen and oxygen atoms in total. The monoisotopic (exact) mass is 268 g/mol. The Kier molecular flexibility index (Phi) is 6.87. The third kappa shape index (κ3) is 4.51. The molecule has 1 rings (SSSR count). The van der Waals surface area contributed by atoms with Crippen LogP contribution in [0.2, 0.25) is 0 Å². The lowest BCUT2D eigenvalue weighted by Gasteiger charge is -2.20. The van der Waals surface area contributed by atoms with Gasteiger partial charge in [-0.3, -0.25) is 11.3 Å². The predicted octanol–water partition coefficient (Wildman–Crippen LogP) is 2.54. The number of aromatic nitrogens is 2.